The second-order valence-corrected chi connectivity index (χ2v) is 6.40. The van der Waals surface area contributed by atoms with E-state index in [1.165, 1.54) is 12.1 Å². The van der Waals surface area contributed by atoms with Crippen LogP contribution >= 0.6 is 0 Å². The lowest BCUT2D eigenvalue weighted by molar-refractivity contribution is -0.384. The Labute approximate surface area is 129 Å². The number of nitrogens with zero attached hydrogens (tertiary/aromatic N) is 1. The van der Waals surface area contributed by atoms with Crippen molar-refractivity contribution in [3.8, 4) is 0 Å². The van der Waals surface area contributed by atoms with Crippen LogP contribution in [-0.2, 0) is 11.3 Å². The van der Waals surface area contributed by atoms with Crippen molar-refractivity contribution in [2.75, 3.05) is 0 Å². The molecule has 1 aliphatic carbocycles. The van der Waals surface area contributed by atoms with Gasteiger partial charge in [-0.2, -0.15) is 0 Å². The fourth-order valence-corrected chi connectivity index (χ4v) is 2.02. The van der Waals surface area contributed by atoms with Gasteiger partial charge in [-0.15, -0.1) is 0 Å². The van der Waals surface area contributed by atoms with E-state index in [4.69, 9.17) is 4.74 Å². The Morgan fingerprint density at radius 2 is 1.95 bits per heavy atom. The number of hydrogen-bond acceptors (Lipinski definition) is 5. The van der Waals surface area contributed by atoms with Gasteiger partial charge < -0.3 is 15.4 Å². The normalized spacial score (nSPS) is 20.3. The molecule has 0 saturated heterocycles. The second-order valence-electron chi connectivity index (χ2n) is 6.40. The highest BCUT2D eigenvalue weighted by molar-refractivity contribution is 5.68. The number of nitro benzene ring substituents is 1. The molecular weight excluding hydrogens is 286 g/mol. The number of ether oxygens (including phenoxy) is 1. The van der Waals surface area contributed by atoms with Crippen LogP contribution in [-0.4, -0.2) is 28.7 Å². The number of benzene rings is 1. The van der Waals surface area contributed by atoms with E-state index in [2.05, 4.69) is 10.6 Å². The first-order chi connectivity index (χ1) is 10.2. The molecule has 7 nitrogen and oxygen atoms in total. The van der Waals surface area contributed by atoms with Crippen LogP contribution in [0.15, 0.2) is 24.3 Å². The monoisotopic (exact) mass is 307 g/mol. The van der Waals surface area contributed by atoms with Crippen LogP contribution in [0.25, 0.3) is 0 Å². The number of nitrogens with one attached hydrogen (secondary N) is 2. The lowest BCUT2D eigenvalue weighted by Crippen LogP contribution is -2.36. The number of carbonyl (C=O) groups is 1. The third kappa shape index (κ3) is 5.00. The molecule has 1 saturated carbocycles. The lowest BCUT2D eigenvalue weighted by atomic mass is 10.2. The van der Waals surface area contributed by atoms with E-state index >= 15 is 0 Å². The molecular formula is C15H21N3O4. The Balaban J connectivity index is 1.71. The molecule has 1 aliphatic rings. The molecule has 1 fully saturated rings. The minimum atomic E-state index is -0.499. The van der Waals surface area contributed by atoms with Crippen LogP contribution in [0.4, 0.5) is 10.5 Å². The van der Waals surface area contributed by atoms with Crippen LogP contribution in [0.3, 0.4) is 0 Å². The highest BCUT2D eigenvalue weighted by atomic mass is 16.6. The van der Waals surface area contributed by atoms with Crippen molar-refractivity contribution in [2.45, 2.75) is 51.4 Å². The highest BCUT2D eigenvalue weighted by Crippen LogP contribution is 2.22. The highest BCUT2D eigenvalue weighted by Gasteiger charge is 2.38. The molecule has 0 aromatic heterocycles. The largest absolute Gasteiger partial charge is 0.444 e. The Bertz CT molecular complexity index is 551. The molecule has 0 aliphatic heterocycles. The molecule has 0 heterocycles. The van der Waals surface area contributed by atoms with Crippen molar-refractivity contribution in [1.82, 2.24) is 10.6 Å². The molecule has 22 heavy (non-hydrogen) atoms. The van der Waals surface area contributed by atoms with Gasteiger partial charge in [-0.3, -0.25) is 10.1 Å². The van der Waals surface area contributed by atoms with Gasteiger partial charge in [0.25, 0.3) is 5.69 Å². The average Bonchev–Trinajstić information content (AvgIpc) is 3.12. The first-order valence-corrected chi connectivity index (χ1v) is 7.21. The third-order valence-electron chi connectivity index (χ3n) is 3.21. The molecule has 2 atom stereocenters. The number of amides is 1. The minimum absolute atomic E-state index is 0.0768. The quantitative estimate of drug-likeness (QED) is 0.643. The number of nitro groups is 1. The molecule has 2 rings (SSSR count). The fraction of sp³-hybridized carbons (Fsp3) is 0.533. The van der Waals surface area contributed by atoms with E-state index in [-0.39, 0.29) is 17.8 Å². The van der Waals surface area contributed by atoms with E-state index in [1.54, 1.807) is 12.1 Å². The third-order valence-corrected chi connectivity index (χ3v) is 3.21. The van der Waals surface area contributed by atoms with E-state index in [0.717, 1.165) is 12.0 Å². The summed E-state index contributed by atoms with van der Waals surface area (Å²) in [4.78, 5) is 21.8. The van der Waals surface area contributed by atoms with E-state index in [9.17, 15) is 14.9 Å². The molecule has 0 bridgehead atoms. The predicted molar refractivity (Wildman–Crippen MR) is 81.5 cm³/mol. The zero-order valence-electron chi connectivity index (χ0n) is 13.0. The maximum absolute atomic E-state index is 11.6. The van der Waals surface area contributed by atoms with Gasteiger partial charge in [0.1, 0.15) is 5.60 Å². The number of hydrogen-bond donors (Lipinski definition) is 2. The maximum atomic E-state index is 11.6. The molecule has 0 radical (unpaired) electrons. The SMILES string of the molecule is CC(C)(C)OC(=O)NC1CC1NCc1ccc([N+](=O)[O-])cc1. The van der Waals surface area contributed by atoms with Crippen LogP contribution in [0.1, 0.15) is 32.8 Å². The first kappa shape index (κ1) is 16.2. The van der Waals surface area contributed by atoms with E-state index in [1.807, 2.05) is 20.8 Å². The first-order valence-electron chi connectivity index (χ1n) is 7.21. The topological polar surface area (TPSA) is 93.5 Å². The molecule has 2 N–H and O–H groups in total. The summed E-state index contributed by atoms with van der Waals surface area (Å²) in [6, 6.07) is 6.71. The molecule has 0 spiro atoms. The van der Waals surface area contributed by atoms with Gasteiger partial charge >= 0.3 is 6.09 Å². The zero-order valence-corrected chi connectivity index (χ0v) is 13.0. The molecule has 120 valence electrons. The van der Waals surface area contributed by atoms with Gasteiger partial charge in [0.15, 0.2) is 0 Å². The van der Waals surface area contributed by atoms with Crippen LogP contribution in [0.2, 0.25) is 0 Å². The summed E-state index contributed by atoms with van der Waals surface area (Å²) < 4.78 is 5.19. The summed E-state index contributed by atoms with van der Waals surface area (Å²) in [5, 5.41) is 16.7. The predicted octanol–water partition coefficient (Wildman–Crippen LogP) is 2.35. The van der Waals surface area contributed by atoms with Crippen LogP contribution in [0, 0.1) is 10.1 Å². The van der Waals surface area contributed by atoms with Crippen molar-refractivity contribution >= 4 is 11.8 Å². The van der Waals surface area contributed by atoms with Crippen molar-refractivity contribution in [3.05, 3.63) is 39.9 Å². The summed E-state index contributed by atoms with van der Waals surface area (Å²) in [6.45, 7) is 6.08. The van der Waals surface area contributed by atoms with Gasteiger partial charge in [0, 0.05) is 30.8 Å². The van der Waals surface area contributed by atoms with Crippen molar-refractivity contribution in [3.63, 3.8) is 0 Å². The van der Waals surface area contributed by atoms with Crippen molar-refractivity contribution in [2.24, 2.45) is 0 Å². The fourth-order valence-electron chi connectivity index (χ4n) is 2.02. The molecule has 1 aromatic rings. The smallest absolute Gasteiger partial charge is 0.407 e. The second kappa shape index (κ2) is 6.31. The van der Waals surface area contributed by atoms with Crippen LogP contribution in [0.5, 0.6) is 0 Å². The lowest BCUT2D eigenvalue weighted by Gasteiger charge is -2.19. The molecule has 1 amide bonds. The molecule has 1 aromatic carbocycles. The van der Waals surface area contributed by atoms with Crippen LogP contribution < -0.4 is 10.6 Å². The van der Waals surface area contributed by atoms with Gasteiger partial charge in [0.2, 0.25) is 0 Å². The summed E-state index contributed by atoms with van der Waals surface area (Å²) in [7, 11) is 0. The standard InChI is InChI=1S/C15H21N3O4/c1-15(2,3)22-14(19)17-13-8-12(13)16-9-10-4-6-11(7-5-10)18(20)21/h4-7,12-13,16H,8-9H2,1-3H3,(H,17,19). The summed E-state index contributed by atoms with van der Waals surface area (Å²) >= 11 is 0. The summed E-state index contributed by atoms with van der Waals surface area (Å²) in [5.41, 5.74) is 0.550. The van der Waals surface area contributed by atoms with Gasteiger partial charge in [-0.1, -0.05) is 12.1 Å². The van der Waals surface area contributed by atoms with Gasteiger partial charge in [-0.25, -0.2) is 4.79 Å². The van der Waals surface area contributed by atoms with E-state index in [0.29, 0.717) is 6.54 Å². The average molecular weight is 307 g/mol. The number of carbonyl (C=O) groups excluding carboxylic acids is 1. The summed E-state index contributed by atoms with van der Waals surface area (Å²) in [5.74, 6) is 0. The van der Waals surface area contributed by atoms with Gasteiger partial charge in [-0.05, 0) is 32.8 Å². The van der Waals surface area contributed by atoms with Crippen molar-refractivity contribution in [1.29, 1.82) is 0 Å². The molecule has 2 unspecified atom stereocenters. The summed E-state index contributed by atoms with van der Waals surface area (Å²) in [6.07, 6.45) is 0.448. The Morgan fingerprint density at radius 1 is 1.32 bits per heavy atom. The number of rotatable bonds is 5. The number of non-ortho nitro benzene ring substituents is 1. The molecule has 7 heteroatoms. The van der Waals surface area contributed by atoms with Crippen molar-refractivity contribution < 1.29 is 14.5 Å². The number of alkyl carbamates (subject to hydrolysis) is 1. The zero-order chi connectivity index (χ0) is 16.3. The maximum Gasteiger partial charge on any atom is 0.407 e. The van der Waals surface area contributed by atoms with Gasteiger partial charge in [0.05, 0.1) is 4.92 Å². The Hall–Kier alpha value is -2.15. The Morgan fingerprint density at radius 3 is 2.50 bits per heavy atom. The minimum Gasteiger partial charge on any atom is -0.444 e. The Kier molecular flexibility index (Phi) is 4.65. The van der Waals surface area contributed by atoms with E-state index < -0.39 is 16.6 Å².